The number of carboxylic acid groups (broad SMARTS) is 1. The van der Waals surface area contributed by atoms with E-state index in [1.165, 1.54) is 0 Å². The van der Waals surface area contributed by atoms with Crippen LogP contribution in [0.4, 0.5) is 13.2 Å². The molecule has 0 aromatic carbocycles. The summed E-state index contributed by atoms with van der Waals surface area (Å²) in [5, 5.41) is 7.12. The third kappa shape index (κ3) is 5.86. The van der Waals surface area contributed by atoms with E-state index in [9.17, 15) is 18.0 Å². The predicted octanol–water partition coefficient (Wildman–Crippen LogP) is 3.21. The highest BCUT2D eigenvalue weighted by molar-refractivity contribution is 5.92. The largest absolute Gasteiger partial charge is 0.490 e. The number of aryl methyl sites for hydroxylation is 1. The molecular formula is C21H23F3N2O6. The van der Waals surface area contributed by atoms with Crippen molar-refractivity contribution in [1.82, 2.24) is 9.88 Å². The summed E-state index contributed by atoms with van der Waals surface area (Å²) in [6, 6.07) is 7.51. The third-order valence-corrected chi connectivity index (χ3v) is 5.20. The van der Waals surface area contributed by atoms with Crippen molar-refractivity contribution in [2.45, 2.75) is 50.8 Å². The van der Waals surface area contributed by atoms with Crippen molar-refractivity contribution in [3.05, 3.63) is 53.7 Å². The van der Waals surface area contributed by atoms with Crippen LogP contribution in [0.5, 0.6) is 0 Å². The van der Waals surface area contributed by atoms with E-state index in [-0.39, 0.29) is 24.2 Å². The van der Waals surface area contributed by atoms with Gasteiger partial charge in [-0.05, 0) is 49.6 Å². The van der Waals surface area contributed by atoms with Gasteiger partial charge in [-0.2, -0.15) is 13.2 Å². The smallest absolute Gasteiger partial charge is 0.475 e. The number of nitrogens with zero attached hydrogens (tertiary/aromatic N) is 2. The number of furan rings is 1. The summed E-state index contributed by atoms with van der Waals surface area (Å²) in [6.07, 6.45) is 0.152. The van der Waals surface area contributed by atoms with E-state index in [1.807, 2.05) is 30.0 Å². The molecule has 0 unspecified atom stereocenters. The molecule has 11 heteroatoms. The third-order valence-electron chi connectivity index (χ3n) is 5.20. The van der Waals surface area contributed by atoms with Crippen molar-refractivity contribution in [1.29, 1.82) is 0 Å². The number of amides is 1. The molecule has 0 spiro atoms. The minimum absolute atomic E-state index is 0.00658. The van der Waals surface area contributed by atoms with Gasteiger partial charge in [0.25, 0.3) is 5.91 Å². The summed E-state index contributed by atoms with van der Waals surface area (Å²) in [5.74, 6) is -1.66. The molecule has 2 aromatic heterocycles. The second kappa shape index (κ2) is 10.1. The van der Waals surface area contributed by atoms with Crippen molar-refractivity contribution in [2.24, 2.45) is 0 Å². The van der Waals surface area contributed by atoms with Crippen LogP contribution in [-0.2, 0) is 20.9 Å². The number of carbonyl (C=O) groups is 2. The van der Waals surface area contributed by atoms with E-state index in [4.69, 9.17) is 23.8 Å². The fourth-order valence-electron chi connectivity index (χ4n) is 3.72. The van der Waals surface area contributed by atoms with Gasteiger partial charge in [-0.1, -0.05) is 0 Å². The van der Waals surface area contributed by atoms with Gasteiger partial charge in [-0.25, -0.2) is 4.79 Å². The molecule has 8 nitrogen and oxygen atoms in total. The maximum absolute atomic E-state index is 12.8. The molecule has 1 saturated heterocycles. The van der Waals surface area contributed by atoms with Crippen molar-refractivity contribution < 1.29 is 41.8 Å². The Labute approximate surface area is 181 Å². The Kier molecular flexibility index (Phi) is 7.52. The number of alkyl halides is 3. The molecule has 3 heterocycles. The first-order valence-electron chi connectivity index (χ1n) is 9.96. The highest BCUT2D eigenvalue weighted by Crippen LogP contribution is 2.33. The van der Waals surface area contributed by atoms with E-state index < -0.39 is 12.1 Å². The number of hydrogen-bond acceptors (Lipinski definition) is 6. The molecule has 174 valence electrons. The lowest BCUT2D eigenvalue weighted by Gasteiger charge is -2.38. The first-order valence-corrected chi connectivity index (χ1v) is 9.96. The number of aliphatic carboxylic acids is 1. The molecule has 2 fully saturated rings. The number of rotatable bonds is 4. The number of carboxylic acids is 1. The fourth-order valence-corrected chi connectivity index (χ4v) is 3.72. The average molecular weight is 456 g/mol. The van der Waals surface area contributed by atoms with E-state index in [0.717, 1.165) is 24.2 Å². The molecule has 1 amide bonds. The molecule has 1 N–H and O–H groups in total. The molecular weight excluding hydrogens is 433 g/mol. The van der Waals surface area contributed by atoms with E-state index in [2.05, 4.69) is 4.98 Å². The predicted molar refractivity (Wildman–Crippen MR) is 104 cm³/mol. The lowest BCUT2D eigenvalue weighted by Crippen LogP contribution is -2.53. The number of fused-ring (bicyclic) bond motifs is 1. The van der Waals surface area contributed by atoms with Crippen molar-refractivity contribution in [3.63, 3.8) is 0 Å². The zero-order valence-electron chi connectivity index (χ0n) is 17.2. The molecule has 3 atom stereocenters. The van der Waals surface area contributed by atoms with Crippen LogP contribution >= 0.6 is 0 Å². The van der Waals surface area contributed by atoms with Crippen molar-refractivity contribution in [3.8, 4) is 0 Å². The number of hydrogen-bond donors (Lipinski definition) is 1. The molecule has 1 aliphatic carbocycles. The molecule has 0 radical (unpaired) electrons. The summed E-state index contributed by atoms with van der Waals surface area (Å²) in [4.78, 5) is 27.6. The molecule has 1 aliphatic heterocycles. The second-order valence-electron chi connectivity index (χ2n) is 7.40. The molecule has 2 aromatic rings. The van der Waals surface area contributed by atoms with Crippen LogP contribution in [0.1, 0.15) is 34.7 Å². The molecule has 1 saturated carbocycles. The fraction of sp³-hybridized carbons (Fsp3) is 0.476. The van der Waals surface area contributed by atoms with Gasteiger partial charge in [0.15, 0.2) is 5.76 Å². The summed E-state index contributed by atoms with van der Waals surface area (Å²) in [5.41, 5.74) is 1.09. The number of morpholine rings is 1. The quantitative estimate of drug-likeness (QED) is 0.754. The Morgan fingerprint density at radius 3 is 2.50 bits per heavy atom. The zero-order valence-corrected chi connectivity index (χ0v) is 17.2. The molecule has 0 bridgehead atoms. The Balaban J connectivity index is 0.000000360. The van der Waals surface area contributed by atoms with E-state index in [1.54, 1.807) is 18.5 Å². The topological polar surface area (TPSA) is 102 Å². The van der Waals surface area contributed by atoms with Crippen LogP contribution in [-0.4, -0.2) is 64.4 Å². The van der Waals surface area contributed by atoms with Gasteiger partial charge in [0.1, 0.15) is 11.9 Å². The van der Waals surface area contributed by atoms with Crippen LogP contribution in [0.25, 0.3) is 0 Å². The van der Waals surface area contributed by atoms with Gasteiger partial charge in [0.2, 0.25) is 0 Å². The summed E-state index contributed by atoms with van der Waals surface area (Å²) < 4.78 is 49.3. The Bertz CT molecular complexity index is 918. The standard InChI is InChI=1S/C19H22N2O4.C2HF3O2/c1-13-2-4-17(25-13)19(22)21-10-11-23-18-15(21)3-5-16(18)24-12-14-6-8-20-9-7-14;3-2(4,5)1(6)7/h2,4,6-9,15-16,18H,3,5,10-12H2,1H3;(H,6,7)/t15-,16-,18+;/m0./s1. The van der Waals surface area contributed by atoms with Crippen molar-refractivity contribution >= 4 is 11.9 Å². The van der Waals surface area contributed by atoms with Crippen LogP contribution in [0.15, 0.2) is 41.1 Å². The second-order valence-corrected chi connectivity index (χ2v) is 7.40. The number of aromatic nitrogens is 1. The zero-order chi connectivity index (χ0) is 23.3. The van der Waals surface area contributed by atoms with Gasteiger partial charge < -0.3 is 23.9 Å². The number of halogens is 3. The number of pyridine rings is 1. The highest BCUT2D eigenvalue weighted by Gasteiger charge is 2.45. The maximum atomic E-state index is 12.8. The summed E-state index contributed by atoms with van der Waals surface area (Å²) in [6.45, 7) is 3.50. The minimum Gasteiger partial charge on any atom is -0.475 e. The van der Waals surface area contributed by atoms with Gasteiger partial charge in [0.05, 0.1) is 25.4 Å². The maximum Gasteiger partial charge on any atom is 0.490 e. The van der Waals surface area contributed by atoms with Crippen LogP contribution < -0.4 is 0 Å². The normalized spacial score (nSPS) is 22.6. The lowest BCUT2D eigenvalue weighted by molar-refractivity contribution is -0.192. The van der Waals surface area contributed by atoms with Gasteiger partial charge in [0, 0.05) is 18.9 Å². The Morgan fingerprint density at radius 2 is 1.91 bits per heavy atom. The summed E-state index contributed by atoms with van der Waals surface area (Å²) in [7, 11) is 0. The molecule has 32 heavy (non-hydrogen) atoms. The summed E-state index contributed by atoms with van der Waals surface area (Å²) >= 11 is 0. The number of ether oxygens (including phenoxy) is 2. The van der Waals surface area contributed by atoms with Crippen LogP contribution in [0.2, 0.25) is 0 Å². The van der Waals surface area contributed by atoms with Gasteiger partial charge in [-0.15, -0.1) is 0 Å². The van der Waals surface area contributed by atoms with Gasteiger partial charge >= 0.3 is 12.1 Å². The Hall–Kier alpha value is -2.92. The average Bonchev–Trinajstić information content (AvgIpc) is 3.38. The molecule has 2 aliphatic rings. The van der Waals surface area contributed by atoms with Crippen molar-refractivity contribution in [2.75, 3.05) is 13.2 Å². The Morgan fingerprint density at radius 1 is 1.22 bits per heavy atom. The molecule has 4 rings (SSSR count). The minimum atomic E-state index is -5.08. The van der Waals surface area contributed by atoms with Gasteiger partial charge in [-0.3, -0.25) is 9.78 Å². The van der Waals surface area contributed by atoms with Crippen LogP contribution in [0, 0.1) is 6.92 Å². The monoisotopic (exact) mass is 456 g/mol. The SMILES string of the molecule is Cc1ccc(C(=O)N2CCO[C@H]3[C@@H](OCc4ccncc4)CC[C@@H]32)o1.O=C(O)C(F)(F)F. The van der Waals surface area contributed by atoms with E-state index in [0.29, 0.717) is 25.5 Å². The first kappa shape index (κ1) is 23.7. The lowest BCUT2D eigenvalue weighted by atomic mass is 10.1. The van der Waals surface area contributed by atoms with E-state index >= 15 is 0 Å². The highest BCUT2D eigenvalue weighted by atomic mass is 19.4. The first-order chi connectivity index (χ1) is 15.2. The van der Waals surface area contributed by atoms with Crippen LogP contribution in [0.3, 0.4) is 0 Å². The number of carbonyl (C=O) groups excluding carboxylic acids is 1.